The average molecular weight is 221 g/mol. The Labute approximate surface area is 96.7 Å². The van der Waals surface area contributed by atoms with Crippen LogP contribution in [0, 0.1) is 6.92 Å². The Morgan fingerprint density at radius 2 is 2.33 bits per heavy atom. The van der Waals surface area contributed by atoms with Crippen LogP contribution < -0.4 is 5.32 Å². The van der Waals surface area contributed by atoms with Crippen molar-refractivity contribution in [2.45, 2.75) is 42.9 Å². The molecule has 1 aromatic rings. The quantitative estimate of drug-likeness (QED) is 0.842. The lowest BCUT2D eigenvalue weighted by Crippen LogP contribution is -2.25. The minimum atomic E-state index is 0.623. The Morgan fingerprint density at radius 3 is 3.07 bits per heavy atom. The maximum Gasteiger partial charge on any atom is 0.0150 e. The van der Waals surface area contributed by atoms with E-state index in [1.165, 1.54) is 23.3 Å². The van der Waals surface area contributed by atoms with Gasteiger partial charge in [0.05, 0.1) is 0 Å². The minimum Gasteiger partial charge on any atom is -0.317 e. The second kappa shape index (κ2) is 4.58. The molecule has 2 rings (SSSR count). The number of fused-ring (bicyclic) bond motifs is 1. The van der Waals surface area contributed by atoms with Gasteiger partial charge in [-0.1, -0.05) is 17.7 Å². The number of aryl methyl sites for hydroxylation is 1. The van der Waals surface area contributed by atoms with E-state index >= 15 is 0 Å². The Hall–Kier alpha value is -0.470. The first-order valence-corrected chi connectivity index (χ1v) is 6.50. The lowest BCUT2D eigenvalue weighted by Gasteiger charge is -2.14. The van der Waals surface area contributed by atoms with Crippen molar-refractivity contribution in [3.63, 3.8) is 0 Å². The van der Waals surface area contributed by atoms with Crippen LogP contribution in [-0.2, 0) is 6.42 Å². The Balaban J connectivity index is 2.03. The van der Waals surface area contributed by atoms with Crippen LogP contribution in [0.4, 0.5) is 0 Å². The fourth-order valence-corrected chi connectivity index (χ4v) is 3.54. The molecular weight excluding hydrogens is 202 g/mol. The largest absolute Gasteiger partial charge is 0.317 e. The van der Waals surface area contributed by atoms with Crippen molar-refractivity contribution >= 4 is 11.8 Å². The summed E-state index contributed by atoms with van der Waals surface area (Å²) in [4.78, 5) is 1.49. The monoisotopic (exact) mass is 221 g/mol. The summed E-state index contributed by atoms with van der Waals surface area (Å²) < 4.78 is 0. The third-order valence-electron chi connectivity index (χ3n) is 3.07. The molecule has 1 heterocycles. The molecule has 1 aliphatic heterocycles. The molecule has 15 heavy (non-hydrogen) atoms. The summed E-state index contributed by atoms with van der Waals surface area (Å²) in [5, 5.41) is 4.08. The lowest BCUT2D eigenvalue weighted by atomic mass is 10.0. The van der Waals surface area contributed by atoms with E-state index in [0.717, 1.165) is 5.25 Å². The van der Waals surface area contributed by atoms with Crippen LogP contribution in [0.5, 0.6) is 0 Å². The van der Waals surface area contributed by atoms with Crippen LogP contribution in [0.1, 0.15) is 24.5 Å². The van der Waals surface area contributed by atoms with Gasteiger partial charge in [0.15, 0.2) is 0 Å². The molecular formula is C13H19NS. The highest BCUT2D eigenvalue weighted by atomic mass is 32.2. The third kappa shape index (κ3) is 2.56. The summed E-state index contributed by atoms with van der Waals surface area (Å²) in [7, 11) is 2.04. The lowest BCUT2D eigenvalue weighted by molar-refractivity contribution is 0.553. The van der Waals surface area contributed by atoms with Gasteiger partial charge in [0.1, 0.15) is 0 Å². The van der Waals surface area contributed by atoms with Gasteiger partial charge in [-0.05, 0) is 45.4 Å². The summed E-state index contributed by atoms with van der Waals surface area (Å²) in [6.45, 7) is 4.43. The van der Waals surface area contributed by atoms with Crippen LogP contribution in [-0.4, -0.2) is 18.3 Å². The van der Waals surface area contributed by atoms with Crippen LogP contribution in [0.3, 0.4) is 0 Å². The molecule has 2 heteroatoms. The van der Waals surface area contributed by atoms with Gasteiger partial charge in [0.2, 0.25) is 0 Å². The summed E-state index contributed by atoms with van der Waals surface area (Å²) in [6.07, 6.45) is 2.50. The van der Waals surface area contributed by atoms with Crippen molar-refractivity contribution < 1.29 is 0 Å². The van der Waals surface area contributed by atoms with E-state index in [2.05, 4.69) is 37.4 Å². The molecule has 0 amide bonds. The van der Waals surface area contributed by atoms with Crippen LogP contribution in [0.25, 0.3) is 0 Å². The van der Waals surface area contributed by atoms with Gasteiger partial charge in [-0.15, -0.1) is 11.8 Å². The van der Waals surface area contributed by atoms with Crippen LogP contribution in [0.2, 0.25) is 0 Å². The number of benzene rings is 1. The molecule has 0 aliphatic carbocycles. The first-order chi connectivity index (χ1) is 7.19. The normalized spacial score (nSPS) is 21.4. The van der Waals surface area contributed by atoms with E-state index in [9.17, 15) is 0 Å². The van der Waals surface area contributed by atoms with Gasteiger partial charge in [0.25, 0.3) is 0 Å². The fourth-order valence-electron chi connectivity index (χ4n) is 2.09. The molecule has 0 aromatic heterocycles. The number of nitrogens with one attached hydrogen (secondary N) is 1. The van der Waals surface area contributed by atoms with Gasteiger partial charge < -0.3 is 5.32 Å². The highest BCUT2D eigenvalue weighted by molar-refractivity contribution is 8.00. The minimum absolute atomic E-state index is 0.623. The van der Waals surface area contributed by atoms with Crippen molar-refractivity contribution in [2.75, 3.05) is 7.05 Å². The molecule has 0 bridgehead atoms. The number of hydrogen-bond donors (Lipinski definition) is 1. The standard InChI is InChI=1S/C13H19NS/c1-9-4-5-13-11(6-9)8-12(15-13)7-10(2)14-3/h4-6,10,12,14H,7-8H2,1-3H3. The van der Waals surface area contributed by atoms with Crippen LogP contribution in [0.15, 0.2) is 23.1 Å². The van der Waals surface area contributed by atoms with Crippen molar-refractivity contribution in [3.05, 3.63) is 29.3 Å². The SMILES string of the molecule is CNC(C)CC1Cc2cc(C)ccc2S1. The molecule has 0 radical (unpaired) electrons. The molecule has 0 spiro atoms. The molecule has 2 atom stereocenters. The molecule has 1 aliphatic rings. The van der Waals surface area contributed by atoms with Gasteiger partial charge >= 0.3 is 0 Å². The van der Waals surface area contributed by atoms with Gasteiger partial charge in [-0.3, -0.25) is 0 Å². The Kier molecular flexibility index (Phi) is 3.37. The summed E-state index contributed by atoms with van der Waals surface area (Å²) >= 11 is 2.05. The zero-order valence-corrected chi connectivity index (χ0v) is 10.5. The van der Waals surface area contributed by atoms with Crippen molar-refractivity contribution in [2.24, 2.45) is 0 Å². The Bertz CT molecular complexity index is 348. The zero-order valence-electron chi connectivity index (χ0n) is 9.71. The van der Waals surface area contributed by atoms with E-state index in [4.69, 9.17) is 0 Å². The van der Waals surface area contributed by atoms with Crippen molar-refractivity contribution in [1.82, 2.24) is 5.32 Å². The number of rotatable bonds is 3. The molecule has 1 nitrogen and oxygen atoms in total. The van der Waals surface area contributed by atoms with E-state index < -0.39 is 0 Å². The first-order valence-electron chi connectivity index (χ1n) is 5.62. The fraction of sp³-hybridized carbons (Fsp3) is 0.538. The third-order valence-corrected chi connectivity index (χ3v) is 4.41. The first kappa shape index (κ1) is 11.0. The molecule has 82 valence electrons. The van der Waals surface area contributed by atoms with E-state index in [-0.39, 0.29) is 0 Å². The van der Waals surface area contributed by atoms with E-state index in [1.807, 2.05) is 18.8 Å². The van der Waals surface area contributed by atoms with E-state index in [1.54, 1.807) is 5.56 Å². The summed E-state index contributed by atoms with van der Waals surface area (Å²) in [5.74, 6) is 0. The predicted octanol–water partition coefficient (Wildman–Crippen LogP) is 3.01. The average Bonchev–Trinajstić information content (AvgIpc) is 2.59. The molecule has 0 saturated heterocycles. The molecule has 1 N–H and O–H groups in total. The topological polar surface area (TPSA) is 12.0 Å². The highest BCUT2D eigenvalue weighted by Crippen LogP contribution is 2.39. The second-order valence-electron chi connectivity index (χ2n) is 4.48. The summed E-state index contributed by atoms with van der Waals surface area (Å²) in [5.41, 5.74) is 2.94. The second-order valence-corrected chi connectivity index (χ2v) is 5.82. The predicted molar refractivity (Wildman–Crippen MR) is 67.7 cm³/mol. The Morgan fingerprint density at radius 1 is 1.53 bits per heavy atom. The zero-order chi connectivity index (χ0) is 10.8. The molecule has 0 fully saturated rings. The van der Waals surface area contributed by atoms with Gasteiger partial charge in [-0.2, -0.15) is 0 Å². The van der Waals surface area contributed by atoms with Gasteiger partial charge in [0, 0.05) is 16.2 Å². The number of thioether (sulfide) groups is 1. The van der Waals surface area contributed by atoms with Crippen molar-refractivity contribution in [3.8, 4) is 0 Å². The molecule has 0 saturated carbocycles. The molecule has 2 unspecified atom stereocenters. The van der Waals surface area contributed by atoms with E-state index in [0.29, 0.717) is 6.04 Å². The number of hydrogen-bond acceptors (Lipinski definition) is 2. The van der Waals surface area contributed by atoms with Crippen molar-refractivity contribution in [1.29, 1.82) is 0 Å². The maximum atomic E-state index is 3.32. The van der Waals surface area contributed by atoms with Gasteiger partial charge in [-0.25, -0.2) is 0 Å². The summed E-state index contributed by atoms with van der Waals surface area (Å²) in [6, 6.07) is 7.46. The highest BCUT2D eigenvalue weighted by Gasteiger charge is 2.23. The van der Waals surface area contributed by atoms with Crippen LogP contribution >= 0.6 is 11.8 Å². The maximum absolute atomic E-state index is 3.32. The molecule has 1 aromatic carbocycles. The smallest absolute Gasteiger partial charge is 0.0150 e.